The van der Waals surface area contributed by atoms with Crippen LogP contribution in [0.3, 0.4) is 0 Å². The summed E-state index contributed by atoms with van der Waals surface area (Å²) >= 11 is 11.9. The van der Waals surface area contributed by atoms with E-state index in [4.69, 9.17) is 23.2 Å². The number of nitrogens with one attached hydrogen (secondary N) is 1. The van der Waals surface area contributed by atoms with Gasteiger partial charge in [0.2, 0.25) is 21.8 Å². The highest BCUT2D eigenvalue weighted by molar-refractivity contribution is 7.92. The molecule has 0 aliphatic heterocycles. The lowest BCUT2D eigenvalue weighted by molar-refractivity contribution is -0.140. The summed E-state index contributed by atoms with van der Waals surface area (Å²) < 4.78 is 26.0. The Hall–Kier alpha value is -2.29. The lowest BCUT2D eigenvalue weighted by Gasteiger charge is -2.29. The Bertz CT molecular complexity index is 1090. The number of sulfonamides is 1. The van der Waals surface area contributed by atoms with E-state index in [0.29, 0.717) is 22.3 Å². The third-order valence-electron chi connectivity index (χ3n) is 5.38. The molecule has 0 bridgehead atoms. The predicted octanol–water partition coefficient (Wildman–Crippen LogP) is 4.73. The standard InChI is InChI=1S/C25H33Cl2N3O4S/c1-18(2)16-28-25(32)19(3)29(17-20-7-9-21(26)10-8-20)24(31)6-5-15-30(35(4,33)34)23-13-11-22(27)12-14-23/h7-14,18-19H,5-6,15-17H2,1-4H3,(H,28,32)/t19-/m0/s1. The zero-order valence-corrected chi connectivity index (χ0v) is 22.8. The molecular weight excluding hydrogens is 509 g/mol. The Morgan fingerprint density at radius 3 is 2.00 bits per heavy atom. The zero-order chi connectivity index (χ0) is 26.2. The molecule has 0 unspecified atom stereocenters. The SMILES string of the molecule is CC(C)CNC(=O)[C@H](C)N(Cc1ccc(Cl)cc1)C(=O)CCCN(c1ccc(Cl)cc1)S(C)(=O)=O. The average Bonchev–Trinajstić information content (AvgIpc) is 2.79. The molecule has 0 aromatic heterocycles. The number of hydrogen-bond donors (Lipinski definition) is 1. The third kappa shape index (κ3) is 9.35. The Morgan fingerprint density at radius 1 is 0.943 bits per heavy atom. The van der Waals surface area contributed by atoms with Crippen molar-refractivity contribution in [2.75, 3.05) is 23.7 Å². The van der Waals surface area contributed by atoms with E-state index in [2.05, 4.69) is 5.32 Å². The first-order chi connectivity index (χ1) is 16.4. The number of hydrogen-bond acceptors (Lipinski definition) is 4. The van der Waals surface area contributed by atoms with Gasteiger partial charge in [0.15, 0.2) is 0 Å². The minimum atomic E-state index is -3.56. The number of carbonyl (C=O) groups is 2. The van der Waals surface area contributed by atoms with Crippen molar-refractivity contribution in [1.29, 1.82) is 0 Å². The molecule has 0 heterocycles. The van der Waals surface area contributed by atoms with Crippen molar-refractivity contribution in [3.05, 3.63) is 64.1 Å². The first-order valence-electron chi connectivity index (χ1n) is 11.4. The van der Waals surface area contributed by atoms with Crippen LogP contribution in [0.2, 0.25) is 10.0 Å². The van der Waals surface area contributed by atoms with Gasteiger partial charge in [-0.3, -0.25) is 13.9 Å². The van der Waals surface area contributed by atoms with Gasteiger partial charge in [0.05, 0.1) is 11.9 Å². The van der Waals surface area contributed by atoms with Crippen molar-refractivity contribution in [2.24, 2.45) is 5.92 Å². The molecule has 2 aromatic rings. The molecule has 10 heteroatoms. The van der Waals surface area contributed by atoms with Crippen LogP contribution < -0.4 is 9.62 Å². The van der Waals surface area contributed by atoms with Crippen LogP contribution >= 0.6 is 23.2 Å². The highest BCUT2D eigenvalue weighted by Crippen LogP contribution is 2.21. The van der Waals surface area contributed by atoms with Gasteiger partial charge in [0.1, 0.15) is 6.04 Å². The quantitative estimate of drug-likeness (QED) is 0.420. The number of nitrogens with zero attached hydrogens (tertiary/aromatic N) is 2. The van der Waals surface area contributed by atoms with Crippen LogP contribution in [-0.4, -0.2) is 50.5 Å². The zero-order valence-electron chi connectivity index (χ0n) is 20.5. The molecule has 1 atom stereocenters. The number of anilines is 1. The number of benzene rings is 2. The van der Waals surface area contributed by atoms with Crippen molar-refractivity contribution in [3.63, 3.8) is 0 Å². The van der Waals surface area contributed by atoms with Crippen molar-refractivity contribution in [1.82, 2.24) is 10.2 Å². The fraction of sp³-hybridized carbons (Fsp3) is 0.440. The minimum Gasteiger partial charge on any atom is -0.354 e. The van der Waals surface area contributed by atoms with Gasteiger partial charge >= 0.3 is 0 Å². The van der Waals surface area contributed by atoms with Crippen molar-refractivity contribution in [2.45, 2.75) is 46.2 Å². The first-order valence-corrected chi connectivity index (χ1v) is 14.0. The van der Waals surface area contributed by atoms with Crippen molar-refractivity contribution < 1.29 is 18.0 Å². The van der Waals surface area contributed by atoms with Gasteiger partial charge < -0.3 is 10.2 Å². The van der Waals surface area contributed by atoms with E-state index in [9.17, 15) is 18.0 Å². The number of halogens is 2. The van der Waals surface area contributed by atoms with Gasteiger partial charge in [-0.1, -0.05) is 49.2 Å². The molecule has 0 fully saturated rings. The summed E-state index contributed by atoms with van der Waals surface area (Å²) in [6, 6.07) is 12.9. The van der Waals surface area contributed by atoms with E-state index >= 15 is 0 Å². The molecule has 0 radical (unpaired) electrons. The number of carbonyl (C=O) groups excluding carboxylic acids is 2. The summed E-state index contributed by atoms with van der Waals surface area (Å²) in [5.41, 5.74) is 1.31. The molecule has 1 N–H and O–H groups in total. The topological polar surface area (TPSA) is 86.8 Å². The van der Waals surface area contributed by atoms with Crippen LogP contribution in [0, 0.1) is 5.92 Å². The lowest BCUT2D eigenvalue weighted by Crippen LogP contribution is -2.48. The van der Waals surface area contributed by atoms with Crippen LogP contribution in [0.4, 0.5) is 5.69 Å². The first kappa shape index (κ1) is 28.9. The van der Waals surface area contributed by atoms with Crippen LogP contribution in [0.15, 0.2) is 48.5 Å². The minimum absolute atomic E-state index is 0.0784. The Morgan fingerprint density at radius 2 is 1.49 bits per heavy atom. The van der Waals surface area contributed by atoms with Crippen LogP contribution in [0.25, 0.3) is 0 Å². The smallest absolute Gasteiger partial charge is 0.242 e. The summed E-state index contributed by atoms with van der Waals surface area (Å²) in [6.07, 6.45) is 1.48. The van der Waals surface area contributed by atoms with E-state index in [1.165, 1.54) is 9.21 Å². The highest BCUT2D eigenvalue weighted by atomic mass is 35.5. The molecule has 0 saturated heterocycles. The van der Waals surface area contributed by atoms with Gasteiger partial charge in [0, 0.05) is 36.1 Å². The predicted molar refractivity (Wildman–Crippen MR) is 142 cm³/mol. The van der Waals surface area contributed by atoms with Crippen LogP contribution in [-0.2, 0) is 26.2 Å². The molecule has 35 heavy (non-hydrogen) atoms. The maximum absolute atomic E-state index is 13.2. The fourth-order valence-corrected chi connectivity index (χ4v) is 4.65. The van der Waals surface area contributed by atoms with Gasteiger partial charge in [-0.25, -0.2) is 8.42 Å². The largest absolute Gasteiger partial charge is 0.354 e. The molecule has 2 amide bonds. The molecule has 2 rings (SSSR count). The second kappa shape index (κ2) is 13.1. The monoisotopic (exact) mass is 541 g/mol. The van der Waals surface area contributed by atoms with Crippen LogP contribution in [0.5, 0.6) is 0 Å². The van der Waals surface area contributed by atoms with Gasteiger partial charge in [-0.2, -0.15) is 0 Å². The fourth-order valence-electron chi connectivity index (χ4n) is 3.43. The maximum Gasteiger partial charge on any atom is 0.242 e. The molecule has 2 aromatic carbocycles. The summed E-state index contributed by atoms with van der Waals surface area (Å²) in [5.74, 6) is -0.196. The highest BCUT2D eigenvalue weighted by Gasteiger charge is 2.26. The second-order valence-corrected chi connectivity index (χ2v) is 11.7. The summed E-state index contributed by atoms with van der Waals surface area (Å²) in [7, 11) is -3.56. The molecule has 0 aliphatic carbocycles. The third-order valence-corrected chi connectivity index (χ3v) is 7.08. The van der Waals surface area contributed by atoms with E-state index in [0.717, 1.165) is 11.8 Å². The molecule has 7 nitrogen and oxygen atoms in total. The molecule has 0 aliphatic rings. The van der Waals surface area contributed by atoms with Crippen molar-refractivity contribution in [3.8, 4) is 0 Å². The number of rotatable bonds is 12. The van der Waals surface area contributed by atoms with E-state index in [1.54, 1.807) is 43.3 Å². The van der Waals surface area contributed by atoms with Gasteiger partial charge in [-0.05, 0) is 61.2 Å². The molecule has 0 spiro atoms. The Labute approximate surface area is 218 Å². The van der Waals surface area contributed by atoms with E-state index in [-0.39, 0.29) is 43.7 Å². The van der Waals surface area contributed by atoms with Crippen LogP contribution in [0.1, 0.15) is 39.2 Å². The molecule has 0 saturated carbocycles. The normalized spacial score (nSPS) is 12.3. The summed E-state index contributed by atoms with van der Waals surface area (Å²) in [5, 5.41) is 3.96. The van der Waals surface area contributed by atoms with E-state index < -0.39 is 16.1 Å². The summed E-state index contributed by atoms with van der Waals surface area (Å²) in [4.78, 5) is 27.5. The Balaban J connectivity index is 2.14. The van der Waals surface area contributed by atoms with Gasteiger partial charge in [-0.15, -0.1) is 0 Å². The number of amides is 2. The molecular formula is C25H33Cl2N3O4S. The molecule has 192 valence electrons. The Kier molecular flexibility index (Phi) is 10.9. The van der Waals surface area contributed by atoms with Crippen molar-refractivity contribution >= 4 is 50.7 Å². The van der Waals surface area contributed by atoms with E-state index in [1.807, 2.05) is 26.0 Å². The second-order valence-electron chi connectivity index (χ2n) is 8.88. The average molecular weight is 543 g/mol. The summed E-state index contributed by atoms with van der Waals surface area (Å²) in [6.45, 7) is 6.55. The van der Waals surface area contributed by atoms with Gasteiger partial charge in [0.25, 0.3) is 0 Å². The lowest BCUT2D eigenvalue weighted by atomic mass is 10.1. The maximum atomic E-state index is 13.2.